The predicted octanol–water partition coefficient (Wildman–Crippen LogP) is 4.27. The van der Waals surface area contributed by atoms with Crippen molar-refractivity contribution in [2.75, 3.05) is 0 Å². The maximum absolute atomic E-state index is 9.78. The topological polar surface area (TPSA) is 20.2 Å². The number of aliphatic hydroxyl groups excluding tert-OH is 1. The van der Waals surface area contributed by atoms with Gasteiger partial charge in [-0.2, -0.15) is 0 Å². The van der Waals surface area contributed by atoms with Gasteiger partial charge in [-0.1, -0.05) is 5.57 Å². The number of hydrogen-bond acceptors (Lipinski definition) is 2. The molecule has 0 aliphatic heterocycles. The molecule has 1 aromatic rings. The number of hydrogen-bond donors (Lipinski definition) is 1. The molecule has 1 aromatic heterocycles. The van der Waals surface area contributed by atoms with Gasteiger partial charge in [0.25, 0.3) is 0 Å². The molecule has 1 unspecified atom stereocenters. The van der Waals surface area contributed by atoms with E-state index in [0.29, 0.717) is 6.42 Å². The minimum atomic E-state index is -0.450. The van der Waals surface area contributed by atoms with Crippen molar-refractivity contribution in [3.63, 3.8) is 0 Å². The Morgan fingerprint density at radius 2 is 2.31 bits per heavy atom. The zero-order valence-corrected chi connectivity index (χ0v) is 11.2. The van der Waals surface area contributed by atoms with Gasteiger partial charge in [0.1, 0.15) is 0 Å². The average Bonchev–Trinajstić information content (AvgIpc) is 2.28. The fraction of sp³-hybridized carbons (Fsp3) is 0.333. The normalized spacial score (nSPS) is 12.9. The van der Waals surface area contributed by atoms with Crippen molar-refractivity contribution in [3.05, 3.63) is 31.4 Å². The van der Waals surface area contributed by atoms with E-state index >= 15 is 0 Å². The smallest absolute Gasteiger partial charge is 0.0846 e. The predicted molar refractivity (Wildman–Crippen MR) is 64.1 cm³/mol. The molecule has 0 amide bonds. The third-order valence-electron chi connectivity index (χ3n) is 1.58. The molecule has 0 aliphatic rings. The van der Waals surface area contributed by atoms with Gasteiger partial charge >= 0.3 is 0 Å². The molecule has 0 aliphatic carbocycles. The third kappa shape index (κ3) is 3.20. The molecule has 1 nitrogen and oxygen atoms in total. The van der Waals surface area contributed by atoms with Crippen LogP contribution in [-0.2, 0) is 0 Å². The van der Waals surface area contributed by atoms with E-state index in [4.69, 9.17) is 0 Å². The maximum atomic E-state index is 9.78. The lowest BCUT2D eigenvalue weighted by Gasteiger charge is -2.08. The van der Waals surface area contributed by atoms with E-state index in [9.17, 15) is 5.11 Å². The molecule has 4 heteroatoms. The Morgan fingerprint density at radius 3 is 2.69 bits per heavy atom. The number of thiophene rings is 1. The highest BCUT2D eigenvalue weighted by molar-refractivity contribution is 9.12. The lowest BCUT2D eigenvalue weighted by molar-refractivity contribution is 0.178. The Balaban J connectivity index is 2.81. The first kappa shape index (κ1) is 11.4. The van der Waals surface area contributed by atoms with Crippen molar-refractivity contribution < 1.29 is 5.11 Å². The van der Waals surface area contributed by atoms with E-state index in [1.165, 1.54) is 0 Å². The largest absolute Gasteiger partial charge is 0.388 e. The molecule has 0 saturated heterocycles. The van der Waals surface area contributed by atoms with Crippen LogP contribution in [0.25, 0.3) is 0 Å². The van der Waals surface area contributed by atoms with Gasteiger partial charge in [0.2, 0.25) is 0 Å². The Kier molecular flexibility index (Phi) is 4.16. The lowest BCUT2D eigenvalue weighted by Crippen LogP contribution is -1.96. The monoisotopic (exact) mass is 324 g/mol. The zero-order valence-electron chi connectivity index (χ0n) is 7.18. The third-order valence-corrected chi connectivity index (χ3v) is 3.97. The lowest BCUT2D eigenvalue weighted by atomic mass is 10.1. The van der Waals surface area contributed by atoms with E-state index in [-0.39, 0.29) is 0 Å². The van der Waals surface area contributed by atoms with E-state index in [1.807, 2.05) is 13.0 Å². The molecule has 0 aromatic carbocycles. The molecule has 1 N–H and O–H groups in total. The highest BCUT2D eigenvalue weighted by atomic mass is 79.9. The number of aliphatic hydroxyl groups is 1. The van der Waals surface area contributed by atoms with Gasteiger partial charge in [0.05, 0.1) is 13.7 Å². The molecule has 0 fully saturated rings. The van der Waals surface area contributed by atoms with E-state index < -0.39 is 6.10 Å². The van der Waals surface area contributed by atoms with Crippen molar-refractivity contribution in [2.24, 2.45) is 0 Å². The van der Waals surface area contributed by atoms with Gasteiger partial charge in [0.15, 0.2) is 0 Å². The van der Waals surface area contributed by atoms with Crippen molar-refractivity contribution >= 4 is 43.2 Å². The van der Waals surface area contributed by atoms with Crippen LogP contribution < -0.4 is 0 Å². The molecule has 1 atom stereocenters. The SMILES string of the molecule is C=C(C)CC(O)c1cc(Br)sc1Br. The van der Waals surface area contributed by atoms with Crippen LogP contribution in [0.2, 0.25) is 0 Å². The summed E-state index contributed by atoms with van der Waals surface area (Å²) in [6.45, 7) is 5.69. The fourth-order valence-electron chi connectivity index (χ4n) is 1.02. The summed E-state index contributed by atoms with van der Waals surface area (Å²) in [6.07, 6.45) is 0.163. The first-order valence-corrected chi connectivity index (χ1v) is 6.18. The molecule has 1 heterocycles. The average molecular weight is 326 g/mol. The van der Waals surface area contributed by atoms with Crippen LogP contribution in [-0.4, -0.2) is 5.11 Å². The van der Waals surface area contributed by atoms with Gasteiger partial charge in [-0.3, -0.25) is 0 Å². The van der Waals surface area contributed by atoms with Crippen LogP contribution in [0.15, 0.2) is 25.8 Å². The summed E-state index contributed by atoms with van der Waals surface area (Å²) < 4.78 is 2.00. The summed E-state index contributed by atoms with van der Waals surface area (Å²) in [4.78, 5) is 0. The van der Waals surface area contributed by atoms with Crippen molar-refractivity contribution in [1.29, 1.82) is 0 Å². The second kappa shape index (κ2) is 4.73. The molecule has 1 rings (SSSR count). The molecule has 13 heavy (non-hydrogen) atoms. The molecular weight excluding hydrogens is 316 g/mol. The summed E-state index contributed by atoms with van der Waals surface area (Å²) in [7, 11) is 0. The van der Waals surface area contributed by atoms with Crippen LogP contribution in [0, 0.1) is 0 Å². The Labute approximate surface area is 98.7 Å². The van der Waals surface area contributed by atoms with Crippen molar-refractivity contribution in [1.82, 2.24) is 0 Å². The van der Waals surface area contributed by atoms with Crippen LogP contribution in [0.1, 0.15) is 25.0 Å². The van der Waals surface area contributed by atoms with Crippen LogP contribution >= 0.6 is 43.2 Å². The fourth-order valence-corrected chi connectivity index (χ4v) is 3.98. The van der Waals surface area contributed by atoms with E-state index in [0.717, 1.165) is 18.7 Å². The first-order chi connectivity index (χ1) is 6.00. The van der Waals surface area contributed by atoms with Gasteiger partial charge in [0, 0.05) is 5.56 Å². The summed E-state index contributed by atoms with van der Waals surface area (Å²) in [5.74, 6) is 0. The summed E-state index contributed by atoms with van der Waals surface area (Å²) >= 11 is 8.35. The van der Waals surface area contributed by atoms with Gasteiger partial charge in [-0.05, 0) is 51.3 Å². The number of halogens is 2. The molecule has 72 valence electrons. The Morgan fingerprint density at radius 1 is 1.69 bits per heavy atom. The molecule has 0 spiro atoms. The Hall–Kier alpha value is 0.360. The summed E-state index contributed by atoms with van der Waals surface area (Å²) in [6, 6.07) is 1.93. The standard InChI is InChI=1S/C9H10Br2OS/c1-5(2)3-7(12)6-4-8(10)13-9(6)11/h4,7,12H,1,3H2,2H3. The zero-order chi connectivity index (χ0) is 10.0. The van der Waals surface area contributed by atoms with Gasteiger partial charge < -0.3 is 5.11 Å². The molecule has 0 bridgehead atoms. The van der Waals surface area contributed by atoms with E-state index in [1.54, 1.807) is 11.3 Å². The minimum Gasteiger partial charge on any atom is -0.388 e. The minimum absolute atomic E-state index is 0.450. The van der Waals surface area contributed by atoms with E-state index in [2.05, 4.69) is 38.4 Å². The van der Waals surface area contributed by atoms with Crippen molar-refractivity contribution in [3.8, 4) is 0 Å². The molecule has 0 radical (unpaired) electrons. The highest BCUT2D eigenvalue weighted by Gasteiger charge is 2.14. The van der Waals surface area contributed by atoms with Gasteiger partial charge in [-0.15, -0.1) is 17.9 Å². The molecular formula is C9H10Br2OS. The number of rotatable bonds is 3. The maximum Gasteiger partial charge on any atom is 0.0846 e. The van der Waals surface area contributed by atoms with Crippen LogP contribution in [0.4, 0.5) is 0 Å². The highest BCUT2D eigenvalue weighted by Crippen LogP contribution is 2.37. The molecule has 0 saturated carbocycles. The van der Waals surface area contributed by atoms with Gasteiger partial charge in [-0.25, -0.2) is 0 Å². The van der Waals surface area contributed by atoms with Crippen molar-refractivity contribution in [2.45, 2.75) is 19.4 Å². The Bertz CT molecular complexity index is 319. The second-order valence-corrected chi connectivity index (χ2v) is 6.71. The van der Waals surface area contributed by atoms with Crippen LogP contribution in [0.5, 0.6) is 0 Å². The summed E-state index contributed by atoms with van der Waals surface area (Å²) in [5.41, 5.74) is 1.92. The first-order valence-electron chi connectivity index (χ1n) is 3.78. The summed E-state index contributed by atoms with van der Waals surface area (Å²) in [5, 5.41) is 9.78. The second-order valence-electron chi connectivity index (χ2n) is 2.96. The quantitative estimate of drug-likeness (QED) is 0.823. The van der Waals surface area contributed by atoms with Crippen LogP contribution in [0.3, 0.4) is 0 Å².